The third kappa shape index (κ3) is 3.41. The number of hydrogen-bond acceptors (Lipinski definition) is 4. The molecule has 0 radical (unpaired) electrons. The molecule has 1 atom stereocenters. The first-order valence-electron chi connectivity index (χ1n) is 7.47. The molecular formula is C17H24O4S. The summed E-state index contributed by atoms with van der Waals surface area (Å²) in [6, 6.07) is 6.54. The van der Waals surface area contributed by atoms with E-state index in [-0.39, 0.29) is 16.1 Å². The summed E-state index contributed by atoms with van der Waals surface area (Å²) in [6.45, 7) is 9.35. The van der Waals surface area contributed by atoms with Gasteiger partial charge in [-0.1, -0.05) is 45.4 Å². The van der Waals surface area contributed by atoms with Crippen molar-refractivity contribution in [2.75, 3.05) is 0 Å². The average molecular weight is 324 g/mol. The first-order chi connectivity index (χ1) is 9.94. The third-order valence-corrected chi connectivity index (χ3v) is 5.79. The molecule has 5 heteroatoms. The molecule has 1 aromatic rings. The molecule has 0 saturated heterocycles. The summed E-state index contributed by atoms with van der Waals surface area (Å²) >= 11 is 0. The highest BCUT2D eigenvalue weighted by atomic mass is 32.2. The highest BCUT2D eigenvalue weighted by molar-refractivity contribution is 7.86. The zero-order chi connectivity index (χ0) is 16.8. The molecule has 0 bridgehead atoms. The number of ketones is 1. The van der Waals surface area contributed by atoms with Crippen LogP contribution in [-0.4, -0.2) is 20.3 Å². The van der Waals surface area contributed by atoms with Crippen LogP contribution in [0.5, 0.6) is 0 Å². The lowest BCUT2D eigenvalue weighted by atomic mass is 9.64. The number of Topliss-reactive ketones (excluding diaryl/α,β-unsaturated/α-hetero) is 1. The zero-order valence-electron chi connectivity index (χ0n) is 13.8. The zero-order valence-corrected chi connectivity index (χ0v) is 14.7. The maximum Gasteiger partial charge on any atom is 0.297 e. The summed E-state index contributed by atoms with van der Waals surface area (Å²) in [4.78, 5) is 12.5. The summed E-state index contributed by atoms with van der Waals surface area (Å²) in [6.07, 6.45) is 0.344. The second kappa shape index (κ2) is 5.46. The van der Waals surface area contributed by atoms with Gasteiger partial charge < -0.3 is 0 Å². The topological polar surface area (TPSA) is 60.4 Å². The Morgan fingerprint density at radius 1 is 1.09 bits per heavy atom. The Morgan fingerprint density at radius 3 is 2.18 bits per heavy atom. The van der Waals surface area contributed by atoms with Crippen molar-refractivity contribution in [2.45, 2.75) is 58.5 Å². The molecule has 1 aliphatic rings. The fraction of sp³-hybridized carbons (Fsp3) is 0.588. The normalized spacial score (nSPS) is 24.2. The lowest BCUT2D eigenvalue weighted by molar-refractivity contribution is -0.140. The molecule has 0 heterocycles. The van der Waals surface area contributed by atoms with Crippen LogP contribution in [0.25, 0.3) is 0 Å². The van der Waals surface area contributed by atoms with E-state index in [4.69, 9.17) is 4.18 Å². The van der Waals surface area contributed by atoms with Gasteiger partial charge in [-0.3, -0.25) is 8.98 Å². The summed E-state index contributed by atoms with van der Waals surface area (Å²) in [5.41, 5.74) is -0.0684. The minimum atomic E-state index is -3.87. The number of carbonyl (C=O) groups excluding carboxylic acids is 1. The summed E-state index contributed by atoms with van der Waals surface area (Å²) in [5, 5.41) is 0. The minimum Gasteiger partial charge on any atom is -0.299 e. The van der Waals surface area contributed by atoms with Gasteiger partial charge in [0.1, 0.15) is 5.78 Å². The predicted molar refractivity (Wildman–Crippen MR) is 85.0 cm³/mol. The van der Waals surface area contributed by atoms with Crippen molar-refractivity contribution in [3.05, 3.63) is 29.8 Å². The fourth-order valence-electron chi connectivity index (χ4n) is 2.74. The smallest absolute Gasteiger partial charge is 0.297 e. The van der Waals surface area contributed by atoms with E-state index >= 15 is 0 Å². The Bertz CT molecular complexity index is 669. The lowest BCUT2D eigenvalue weighted by Crippen LogP contribution is -2.48. The maximum absolute atomic E-state index is 12.5. The van der Waals surface area contributed by atoms with Crippen molar-refractivity contribution < 1.29 is 17.4 Å². The van der Waals surface area contributed by atoms with Crippen LogP contribution in [0, 0.1) is 17.8 Å². The van der Waals surface area contributed by atoms with Gasteiger partial charge in [-0.25, -0.2) is 0 Å². The van der Waals surface area contributed by atoms with E-state index in [1.54, 1.807) is 26.0 Å². The molecule has 0 aromatic heterocycles. The van der Waals surface area contributed by atoms with E-state index in [2.05, 4.69) is 0 Å². The van der Waals surface area contributed by atoms with E-state index in [1.807, 2.05) is 20.8 Å². The van der Waals surface area contributed by atoms with Gasteiger partial charge in [0.25, 0.3) is 10.1 Å². The molecule has 122 valence electrons. The van der Waals surface area contributed by atoms with E-state index < -0.39 is 21.6 Å². The van der Waals surface area contributed by atoms with E-state index in [1.165, 1.54) is 12.1 Å². The fourth-order valence-corrected chi connectivity index (χ4v) is 3.93. The van der Waals surface area contributed by atoms with Crippen LogP contribution in [0.15, 0.2) is 29.2 Å². The quantitative estimate of drug-likeness (QED) is 0.799. The van der Waals surface area contributed by atoms with E-state index in [9.17, 15) is 13.2 Å². The van der Waals surface area contributed by atoms with Gasteiger partial charge in [-0.15, -0.1) is 0 Å². The Hall–Kier alpha value is -1.20. The SMILES string of the molecule is Cc1ccc(S(=O)(=O)OC2CC(C)(C)CC(=O)C2(C)C)cc1. The van der Waals surface area contributed by atoms with Crippen molar-refractivity contribution in [2.24, 2.45) is 10.8 Å². The molecule has 1 fully saturated rings. The summed E-state index contributed by atoms with van der Waals surface area (Å²) in [5.74, 6) is 0.0489. The standard InChI is InChI=1S/C17H24O4S/c1-12-6-8-13(9-7-12)22(19,20)21-15-11-16(2,3)10-14(18)17(15,4)5/h6-9,15H,10-11H2,1-5H3. The van der Waals surface area contributed by atoms with Crippen molar-refractivity contribution in [1.82, 2.24) is 0 Å². The Kier molecular flexibility index (Phi) is 4.26. The highest BCUT2D eigenvalue weighted by Gasteiger charge is 2.48. The van der Waals surface area contributed by atoms with Crippen molar-refractivity contribution in [1.29, 1.82) is 0 Å². The van der Waals surface area contributed by atoms with Gasteiger partial charge in [0, 0.05) is 6.42 Å². The van der Waals surface area contributed by atoms with Gasteiger partial charge in [0.05, 0.1) is 16.4 Å². The van der Waals surface area contributed by atoms with Gasteiger partial charge in [0.15, 0.2) is 0 Å². The van der Waals surface area contributed by atoms with Crippen LogP contribution in [0.1, 0.15) is 46.1 Å². The maximum atomic E-state index is 12.5. The van der Waals surface area contributed by atoms with Crippen LogP contribution in [0.3, 0.4) is 0 Å². The molecule has 1 saturated carbocycles. The molecular weight excluding hydrogens is 300 g/mol. The van der Waals surface area contributed by atoms with E-state index in [0.717, 1.165) is 5.56 Å². The molecule has 1 aromatic carbocycles. The number of benzene rings is 1. The molecule has 0 aliphatic heterocycles. The lowest BCUT2D eigenvalue weighted by Gasteiger charge is -2.43. The number of aryl methyl sites for hydroxylation is 1. The average Bonchev–Trinajstić information content (AvgIpc) is 2.35. The number of hydrogen-bond donors (Lipinski definition) is 0. The third-order valence-electron chi connectivity index (χ3n) is 4.45. The predicted octanol–water partition coefficient (Wildman–Crippen LogP) is 3.48. The minimum absolute atomic E-state index is 0.0489. The van der Waals surface area contributed by atoms with Crippen molar-refractivity contribution in [3.8, 4) is 0 Å². The van der Waals surface area contributed by atoms with E-state index in [0.29, 0.717) is 12.8 Å². The number of rotatable bonds is 3. The van der Waals surface area contributed by atoms with Crippen LogP contribution in [-0.2, 0) is 19.1 Å². The highest BCUT2D eigenvalue weighted by Crippen LogP contribution is 2.44. The monoisotopic (exact) mass is 324 g/mol. The van der Waals surface area contributed by atoms with Crippen LogP contribution < -0.4 is 0 Å². The molecule has 1 aliphatic carbocycles. The molecule has 22 heavy (non-hydrogen) atoms. The van der Waals surface area contributed by atoms with Crippen LogP contribution in [0.2, 0.25) is 0 Å². The van der Waals surface area contributed by atoms with Gasteiger partial charge in [-0.2, -0.15) is 8.42 Å². The molecule has 2 rings (SSSR count). The number of carbonyl (C=O) groups is 1. The Balaban J connectivity index is 2.31. The molecule has 0 spiro atoms. The second-order valence-electron chi connectivity index (χ2n) is 7.54. The van der Waals surface area contributed by atoms with Crippen molar-refractivity contribution in [3.63, 3.8) is 0 Å². The van der Waals surface area contributed by atoms with Crippen LogP contribution >= 0.6 is 0 Å². The molecule has 1 unspecified atom stereocenters. The molecule has 0 amide bonds. The van der Waals surface area contributed by atoms with Gasteiger partial charge in [0.2, 0.25) is 0 Å². The largest absolute Gasteiger partial charge is 0.299 e. The summed E-state index contributed by atoms with van der Waals surface area (Å²) < 4.78 is 30.4. The molecule has 4 nitrogen and oxygen atoms in total. The first-order valence-corrected chi connectivity index (χ1v) is 8.88. The van der Waals surface area contributed by atoms with Crippen molar-refractivity contribution >= 4 is 15.9 Å². The van der Waals surface area contributed by atoms with Gasteiger partial charge >= 0.3 is 0 Å². The van der Waals surface area contributed by atoms with Crippen LogP contribution in [0.4, 0.5) is 0 Å². The Labute approximate surface area is 133 Å². The first kappa shape index (κ1) is 17.2. The Morgan fingerprint density at radius 2 is 1.64 bits per heavy atom. The second-order valence-corrected chi connectivity index (χ2v) is 9.11. The van der Waals surface area contributed by atoms with Gasteiger partial charge in [-0.05, 0) is 30.9 Å². The summed E-state index contributed by atoms with van der Waals surface area (Å²) in [7, 11) is -3.87. The molecule has 0 N–H and O–H groups in total.